The molecule has 0 spiro atoms. The number of halogens is 1. The summed E-state index contributed by atoms with van der Waals surface area (Å²) in [5, 5.41) is 13.2. The molecule has 0 fully saturated rings. The van der Waals surface area contributed by atoms with E-state index in [2.05, 4.69) is 24.1 Å². The van der Waals surface area contributed by atoms with Gasteiger partial charge in [0.25, 0.3) is 0 Å². The summed E-state index contributed by atoms with van der Waals surface area (Å²) in [6.07, 6.45) is 3.03. The lowest BCUT2D eigenvalue weighted by atomic mass is 9.82. The molecule has 2 N–H and O–H groups in total. The number of pyridine rings is 1. The molecule has 1 atom stereocenters. The van der Waals surface area contributed by atoms with Crippen LogP contribution in [0.1, 0.15) is 70.3 Å². The van der Waals surface area contributed by atoms with Crippen molar-refractivity contribution in [2.24, 2.45) is 0 Å². The topological polar surface area (TPSA) is 84.3 Å². The summed E-state index contributed by atoms with van der Waals surface area (Å²) < 4.78 is 21.0. The Bertz CT molecular complexity index is 1390. The third-order valence-electron chi connectivity index (χ3n) is 6.51. The van der Waals surface area contributed by atoms with Crippen LogP contribution in [0.2, 0.25) is 0 Å². The molecule has 2 heterocycles. The molecule has 0 radical (unpaired) electrons. The number of para-hydroxylation sites is 1. The van der Waals surface area contributed by atoms with Gasteiger partial charge in [-0.25, -0.2) is 14.4 Å². The van der Waals surface area contributed by atoms with Crippen LogP contribution in [-0.2, 0) is 10.2 Å². The molecule has 1 unspecified atom stereocenters. The second-order valence-corrected chi connectivity index (χ2v) is 11.1. The predicted molar refractivity (Wildman–Crippen MR) is 155 cm³/mol. The van der Waals surface area contributed by atoms with Crippen molar-refractivity contribution in [2.75, 3.05) is 5.32 Å². The van der Waals surface area contributed by atoms with E-state index >= 15 is 0 Å². The van der Waals surface area contributed by atoms with Gasteiger partial charge in [0.2, 0.25) is 5.88 Å². The largest absolute Gasteiger partial charge is 0.481 e. The Morgan fingerprint density at radius 3 is 2.59 bits per heavy atom. The summed E-state index contributed by atoms with van der Waals surface area (Å²) in [4.78, 5) is 21.5. The number of carboxylic acids is 1. The Morgan fingerprint density at radius 2 is 1.85 bits per heavy atom. The minimum Gasteiger partial charge on any atom is -0.481 e. The number of aromatic nitrogens is 2. The highest BCUT2D eigenvalue weighted by molar-refractivity contribution is 7.19. The smallest absolute Gasteiger partial charge is 0.303 e. The maximum atomic E-state index is 14.8. The van der Waals surface area contributed by atoms with Gasteiger partial charge < -0.3 is 15.2 Å². The molecule has 39 heavy (non-hydrogen) atoms. The second-order valence-electron chi connectivity index (χ2n) is 10.1. The fourth-order valence-corrected chi connectivity index (χ4v) is 5.61. The average Bonchev–Trinajstić information content (AvgIpc) is 3.35. The highest BCUT2D eigenvalue weighted by Gasteiger charge is 2.29. The molecule has 0 saturated carbocycles. The quantitative estimate of drug-likeness (QED) is 0.174. The summed E-state index contributed by atoms with van der Waals surface area (Å²) in [6.45, 7) is 6.15. The number of alkyl halides is 1. The van der Waals surface area contributed by atoms with E-state index in [0.717, 1.165) is 22.6 Å². The lowest BCUT2D eigenvalue weighted by Crippen LogP contribution is -2.19. The van der Waals surface area contributed by atoms with Crippen molar-refractivity contribution < 1.29 is 19.0 Å². The van der Waals surface area contributed by atoms with Crippen molar-refractivity contribution in [3.8, 4) is 22.1 Å². The summed E-state index contributed by atoms with van der Waals surface area (Å²) in [5.74, 6) is -0.0360. The van der Waals surface area contributed by atoms with Crippen LogP contribution < -0.4 is 10.1 Å². The summed E-state index contributed by atoms with van der Waals surface area (Å²) in [5.41, 5.74) is 2.72. The molecule has 0 saturated heterocycles. The number of aliphatic carboxylic acids is 1. The predicted octanol–water partition coefficient (Wildman–Crippen LogP) is 9.08. The van der Waals surface area contributed by atoms with Gasteiger partial charge in [-0.3, -0.25) is 4.79 Å². The number of benzene rings is 2. The van der Waals surface area contributed by atoms with Gasteiger partial charge in [0.1, 0.15) is 17.6 Å². The summed E-state index contributed by atoms with van der Waals surface area (Å²) >= 11 is 1.52. The van der Waals surface area contributed by atoms with Crippen LogP contribution in [0.15, 0.2) is 72.9 Å². The number of nitrogens with one attached hydrogen (secondary N) is 1. The van der Waals surface area contributed by atoms with Crippen molar-refractivity contribution in [1.82, 2.24) is 9.97 Å². The number of ether oxygens (including phenoxy) is 1. The van der Waals surface area contributed by atoms with E-state index in [-0.39, 0.29) is 11.8 Å². The molecule has 4 rings (SSSR count). The van der Waals surface area contributed by atoms with Crippen LogP contribution in [0.4, 0.5) is 15.2 Å². The Balaban J connectivity index is 1.66. The number of hydrogen-bond donors (Lipinski definition) is 2. The molecular formula is C31H34FN3O3S. The third-order valence-corrected chi connectivity index (χ3v) is 7.53. The standard InChI is InChI=1S/C31H34FN3O3S/c1-4-12-23(32)22-15-8-9-17-25(22)38-29-24(16-11-20-33-29)34-30-35-28(31(2,3)19-10-18-26(36)37)27(39-30)21-13-6-5-7-14-21/h5-9,11,13-17,20,23H,4,10,12,18-19H2,1-3H3,(H,34,35)(H,36,37). The van der Waals surface area contributed by atoms with Crippen molar-refractivity contribution in [3.05, 3.63) is 84.2 Å². The fourth-order valence-electron chi connectivity index (χ4n) is 4.45. The average molecular weight is 548 g/mol. The van der Waals surface area contributed by atoms with Crippen molar-refractivity contribution >= 4 is 28.1 Å². The molecule has 0 amide bonds. The zero-order valence-corrected chi connectivity index (χ0v) is 23.3. The Labute approximate surface area is 232 Å². The lowest BCUT2D eigenvalue weighted by molar-refractivity contribution is -0.137. The highest BCUT2D eigenvalue weighted by atomic mass is 32.1. The Hall–Kier alpha value is -3.78. The minimum absolute atomic E-state index is 0.120. The van der Waals surface area contributed by atoms with Crippen molar-refractivity contribution in [1.29, 1.82) is 0 Å². The van der Waals surface area contributed by atoms with Crippen molar-refractivity contribution in [2.45, 2.75) is 64.5 Å². The Morgan fingerprint density at radius 1 is 1.10 bits per heavy atom. The number of carboxylic acid groups (broad SMARTS) is 1. The van der Waals surface area contributed by atoms with Gasteiger partial charge in [-0.15, -0.1) is 0 Å². The lowest BCUT2D eigenvalue weighted by Gasteiger charge is -2.24. The normalized spacial score (nSPS) is 12.2. The van der Waals surface area contributed by atoms with E-state index < -0.39 is 12.1 Å². The van der Waals surface area contributed by atoms with Crippen molar-refractivity contribution in [3.63, 3.8) is 0 Å². The molecule has 6 nitrogen and oxygen atoms in total. The minimum atomic E-state index is -1.12. The zero-order chi connectivity index (χ0) is 27.8. The molecule has 0 aliphatic rings. The first kappa shape index (κ1) is 28.2. The SMILES string of the molecule is CCCC(F)c1ccccc1Oc1ncccc1Nc1nc(C(C)(C)CCCC(=O)O)c(-c2ccccc2)s1. The van der Waals surface area contributed by atoms with E-state index in [1.54, 1.807) is 24.4 Å². The maximum Gasteiger partial charge on any atom is 0.303 e. The number of anilines is 2. The van der Waals surface area contributed by atoms with E-state index in [4.69, 9.17) is 14.8 Å². The summed E-state index contributed by atoms with van der Waals surface area (Å²) in [7, 11) is 0. The van der Waals surface area contributed by atoms with E-state index in [9.17, 15) is 9.18 Å². The van der Waals surface area contributed by atoms with Crippen LogP contribution in [0.3, 0.4) is 0 Å². The number of hydrogen-bond acceptors (Lipinski definition) is 6. The first-order valence-corrected chi connectivity index (χ1v) is 14.0. The molecule has 2 aromatic carbocycles. The van der Waals surface area contributed by atoms with E-state index in [1.165, 1.54) is 11.3 Å². The monoisotopic (exact) mass is 547 g/mol. The van der Waals surface area contributed by atoms with Gasteiger partial charge in [-0.2, -0.15) is 0 Å². The van der Waals surface area contributed by atoms with Gasteiger partial charge in [-0.1, -0.05) is 87.1 Å². The fraction of sp³-hybridized carbons (Fsp3) is 0.323. The Kier molecular flexibility index (Phi) is 9.30. The van der Waals surface area contributed by atoms with Gasteiger partial charge in [0, 0.05) is 23.6 Å². The van der Waals surface area contributed by atoms with Crippen LogP contribution >= 0.6 is 11.3 Å². The summed E-state index contributed by atoms with van der Waals surface area (Å²) in [6, 6.07) is 20.8. The first-order chi connectivity index (χ1) is 18.8. The molecule has 2 aromatic heterocycles. The molecule has 4 aromatic rings. The van der Waals surface area contributed by atoms with Crippen LogP contribution in [0, 0.1) is 0 Å². The highest BCUT2D eigenvalue weighted by Crippen LogP contribution is 2.43. The maximum absolute atomic E-state index is 14.8. The number of rotatable bonds is 13. The third kappa shape index (κ3) is 7.20. The molecule has 8 heteroatoms. The van der Waals surface area contributed by atoms with Crippen LogP contribution in [0.25, 0.3) is 10.4 Å². The molecule has 0 aliphatic heterocycles. The zero-order valence-electron chi connectivity index (χ0n) is 22.5. The molecule has 204 valence electrons. The number of thiazole rings is 1. The number of carbonyl (C=O) groups is 1. The number of nitrogens with zero attached hydrogens (tertiary/aromatic N) is 2. The van der Waals surface area contributed by atoms with Gasteiger partial charge in [0.05, 0.1) is 10.6 Å². The van der Waals surface area contributed by atoms with E-state index in [0.29, 0.717) is 47.3 Å². The van der Waals surface area contributed by atoms with Gasteiger partial charge >= 0.3 is 5.97 Å². The molecule has 0 bridgehead atoms. The van der Waals surface area contributed by atoms with Crippen LogP contribution in [0.5, 0.6) is 11.6 Å². The second kappa shape index (κ2) is 12.8. The van der Waals surface area contributed by atoms with E-state index in [1.807, 2.05) is 55.5 Å². The molecular weight excluding hydrogens is 513 g/mol. The van der Waals surface area contributed by atoms with Crippen LogP contribution in [-0.4, -0.2) is 21.0 Å². The molecule has 0 aliphatic carbocycles. The first-order valence-electron chi connectivity index (χ1n) is 13.2. The van der Waals surface area contributed by atoms with Gasteiger partial charge in [-0.05, 0) is 43.0 Å². The van der Waals surface area contributed by atoms with Gasteiger partial charge in [0.15, 0.2) is 5.13 Å².